The van der Waals surface area contributed by atoms with Crippen LogP contribution in [0.15, 0.2) is 17.2 Å². The second kappa shape index (κ2) is 4.02. The summed E-state index contributed by atoms with van der Waals surface area (Å²) in [5.41, 5.74) is 0. The van der Waals surface area contributed by atoms with Gasteiger partial charge in [0.2, 0.25) is 11.1 Å². The summed E-state index contributed by atoms with van der Waals surface area (Å²) in [6.45, 7) is 1.99. The Labute approximate surface area is 84.4 Å². The predicted octanol–water partition coefficient (Wildman–Crippen LogP) is 0.657. The summed E-state index contributed by atoms with van der Waals surface area (Å²) >= 11 is -2.03. The van der Waals surface area contributed by atoms with Gasteiger partial charge >= 0.3 is 0 Å². The molecule has 1 fully saturated rings. The van der Waals surface area contributed by atoms with Crippen LogP contribution < -0.4 is 4.90 Å². The van der Waals surface area contributed by atoms with Crippen LogP contribution in [0.1, 0.15) is 12.8 Å². The lowest BCUT2D eigenvalue weighted by atomic mass is 10.4. The first-order chi connectivity index (χ1) is 6.77. The standard InChI is InChI=1S/C8H11N3O2S/c12-14(13)8-4-3-7(9-10-8)11-5-1-2-6-11/h3-4H,1-2,5-6H2,(H,12,13). The van der Waals surface area contributed by atoms with Gasteiger partial charge in [0.05, 0.1) is 0 Å². The van der Waals surface area contributed by atoms with Gasteiger partial charge in [0.25, 0.3) is 0 Å². The molecule has 0 spiro atoms. The van der Waals surface area contributed by atoms with E-state index in [0.29, 0.717) is 0 Å². The third kappa shape index (κ3) is 1.91. The smallest absolute Gasteiger partial charge is 0.207 e. The van der Waals surface area contributed by atoms with E-state index in [0.717, 1.165) is 18.9 Å². The van der Waals surface area contributed by atoms with E-state index in [1.807, 2.05) is 0 Å². The molecule has 0 aliphatic carbocycles. The predicted molar refractivity (Wildman–Crippen MR) is 52.5 cm³/mol. The van der Waals surface area contributed by atoms with Gasteiger partial charge in [-0.05, 0) is 25.0 Å². The zero-order valence-electron chi connectivity index (χ0n) is 7.59. The molecular weight excluding hydrogens is 202 g/mol. The first-order valence-electron chi connectivity index (χ1n) is 4.47. The summed E-state index contributed by atoms with van der Waals surface area (Å²) in [7, 11) is 0. The van der Waals surface area contributed by atoms with E-state index in [1.165, 1.54) is 18.9 Å². The van der Waals surface area contributed by atoms with E-state index in [1.54, 1.807) is 6.07 Å². The molecule has 1 saturated heterocycles. The fourth-order valence-electron chi connectivity index (χ4n) is 1.52. The van der Waals surface area contributed by atoms with Crippen LogP contribution in [0.2, 0.25) is 0 Å². The molecule has 1 aromatic heterocycles. The highest BCUT2D eigenvalue weighted by Gasteiger charge is 2.14. The average molecular weight is 213 g/mol. The van der Waals surface area contributed by atoms with E-state index >= 15 is 0 Å². The lowest BCUT2D eigenvalue weighted by molar-refractivity contribution is 0.558. The van der Waals surface area contributed by atoms with Crippen LogP contribution in [0.25, 0.3) is 0 Å². The molecule has 1 aliphatic rings. The van der Waals surface area contributed by atoms with Crippen LogP contribution >= 0.6 is 0 Å². The minimum absolute atomic E-state index is 0.105. The molecule has 0 aromatic carbocycles. The maximum Gasteiger partial charge on any atom is 0.207 e. The Morgan fingerprint density at radius 1 is 1.29 bits per heavy atom. The quantitative estimate of drug-likeness (QED) is 0.731. The molecule has 0 amide bonds. The number of hydrogen-bond acceptors (Lipinski definition) is 4. The average Bonchev–Trinajstić information content (AvgIpc) is 2.71. The maximum atomic E-state index is 10.6. The van der Waals surface area contributed by atoms with E-state index in [-0.39, 0.29) is 5.03 Å². The molecule has 0 saturated carbocycles. The van der Waals surface area contributed by atoms with E-state index in [9.17, 15) is 4.21 Å². The zero-order valence-corrected chi connectivity index (χ0v) is 8.40. The molecule has 6 heteroatoms. The SMILES string of the molecule is O=S(O)c1ccc(N2CCCC2)nn1. The van der Waals surface area contributed by atoms with Crippen molar-refractivity contribution in [2.75, 3.05) is 18.0 Å². The molecule has 1 aliphatic heterocycles. The fourth-order valence-corrected chi connectivity index (χ4v) is 1.82. The third-order valence-corrected chi connectivity index (χ3v) is 2.81. The molecule has 2 rings (SSSR count). The Morgan fingerprint density at radius 2 is 2.00 bits per heavy atom. The summed E-state index contributed by atoms with van der Waals surface area (Å²) in [5, 5.41) is 7.69. The van der Waals surface area contributed by atoms with Gasteiger partial charge in [0.15, 0.2) is 10.8 Å². The van der Waals surface area contributed by atoms with Crippen LogP contribution in [-0.4, -0.2) is 32.0 Å². The zero-order chi connectivity index (χ0) is 9.97. The summed E-state index contributed by atoms with van der Waals surface area (Å²) in [5.74, 6) is 0.789. The molecule has 1 N–H and O–H groups in total. The molecule has 2 heterocycles. The van der Waals surface area contributed by atoms with Gasteiger partial charge in [-0.3, -0.25) is 0 Å². The Bertz CT molecular complexity index is 335. The third-order valence-electron chi connectivity index (χ3n) is 2.23. The normalized spacial score (nSPS) is 18.5. The van der Waals surface area contributed by atoms with Crippen LogP contribution in [0, 0.1) is 0 Å². The van der Waals surface area contributed by atoms with Crippen molar-refractivity contribution in [3.05, 3.63) is 12.1 Å². The fraction of sp³-hybridized carbons (Fsp3) is 0.500. The van der Waals surface area contributed by atoms with Crippen LogP contribution in [0.3, 0.4) is 0 Å². The maximum absolute atomic E-state index is 10.6. The molecular formula is C8H11N3O2S. The second-order valence-electron chi connectivity index (χ2n) is 3.17. The second-order valence-corrected chi connectivity index (χ2v) is 4.09. The van der Waals surface area contributed by atoms with E-state index in [2.05, 4.69) is 15.1 Å². The van der Waals surface area contributed by atoms with E-state index < -0.39 is 11.1 Å². The Balaban J connectivity index is 2.16. The van der Waals surface area contributed by atoms with Crippen molar-refractivity contribution < 1.29 is 8.76 Å². The Morgan fingerprint density at radius 3 is 2.50 bits per heavy atom. The Hall–Kier alpha value is -1.01. The van der Waals surface area contributed by atoms with Crippen molar-refractivity contribution in [2.45, 2.75) is 17.9 Å². The Kier molecular flexibility index (Phi) is 2.74. The van der Waals surface area contributed by atoms with Gasteiger partial charge in [-0.25, -0.2) is 4.21 Å². The first-order valence-corrected chi connectivity index (χ1v) is 5.57. The molecule has 1 unspecified atom stereocenters. The van der Waals surface area contributed by atoms with Crippen molar-refractivity contribution in [3.63, 3.8) is 0 Å². The molecule has 1 atom stereocenters. The molecule has 76 valence electrons. The van der Waals surface area contributed by atoms with Gasteiger partial charge in [-0.2, -0.15) is 0 Å². The van der Waals surface area contributed by atoms with Crippen LogP contribution in [0.5, 0.6) is 0 Å². The van der Waals surface area contributed by atoms with Crippen molar-refractivity contribution in [3.8, 4) is 0 Å². The van der Waals surface area contributed by atoms with Crippen molar-refractivity contribution in [1.29, 1.82) is 0 Å². The van der Waals surface area contributed by atoms with Gasteiger partial charge in [0, 0.05) is 13.1 Å². The highest BCUT2D eigenvalue weighted by atomic mass is 32.2. The van der Waals surface area contributed by atoms with Crippen molar-refractivity contribution >= 4 is 16.9 Å². The molecule has 5 nitrogen and oxygen atoms in total. The number of anilines is 1. The highest BCUT2D eigenvalue weighted by molar-refractivity contribution is 7.79. The molecule has 0 bridgehead atoms. The number of rotatable bonds is 2. The van der Waals surface area contributed by atoms with Crippen molar-refractivity contribution in [1.82, 2.24) is 10.2 Å². The van der Waals surface area contributed by atoms with Gasteiger partial charge in [0.1, 0.15) is 0 Å². The molecule has 14 heavy (non-hydrogen) atoms. The van der Waals surface area contributed by atoms with Gasteiger partial charge < -0.3 is 9.45 Å². The summed E-state index contributed by atoms with van der Waals surface area (Å²) < 4.78 is 19.4. The monoisotopic (exact) mass is 213 g/mol. The number of nitrogens with zero attached hydrogens (tertiary/aromatic N) is 3. The van der Waals surface area contributed by atoms with Crippen LogP contribution in [0.4, 0.5) is 5.82 Å². The van der Waals surface area contributed by atoms with Crippen LogP contribution in [-0.2, 0) is 11.1 Å². The molecule has 0 radical (unpaired) electrons. The van der Waals surface area contributed by atoms with Gasteiger partial charge in [-0.15, -0.1) is 10.2 Å². The first kappa shape index (κ1) is 9.54. The lowest BCUT2D eigenvalue weighted by Crippen LogP contribution is -2.19. The summed E-state index contributed by atoms with van der Waals surface area (Å²) in [4.78, 5) is 2.12. The van der Waals surface area contributed by atoms with E-state index in [4.69, 9.17) is 4.55 Å². The largest absolute Gasteiger partial charge is 0.355 e. The number of hydrogen-bond donors (Lipinski definition) is 1. The van der Waals surface area contributed by atoms with Gasteiger partial charge in [-0.1, -0.05) is 0 Å². The summed E-state index contributed by atoms with van der Waals surface area (Å²) in [6, 6.07) is 3.28. The van der Waals surface area contributed by atoms with Crippen molar-refractivity contribution in [2.24, 2.45) is 0 Å². The minimum atomic E-state index is -2.03. The minimum Gasteiger partial charge on any atom is -0.355 e. The molecule has 1 aromatic rings. The highest BCUT2D eigenvalue weighted by Crippen LogP contribution is 2.16. The topological polar surface area (TPSA) is 66.3 Å². The lowest BCUT2D eigenvalue weighted by Gasteiger charge is -2.14. The summed E-state index contributed by atoms with van der Waals surface area (Å²) in [6.07, 6.45) is 2.35. The number of aromatic nitrogens is 2.